The number of carbonyl (C=O) groups is 2. The molecule has 0 aromatic carbocycles. The van der Waals surface area contributed by atoms with Crippen LogP contribution < -0.4 is 5.32 Å². The zero-order chi connectivity index (χ0) is 26.1. The van der Waals surface area contributed by atoms with Gasteiger partial charge in [-0.15, -0.1) is 0 Å². The number of hydrogen-bond donors (Lipinski definition) is 3. The van der Waals surface area contributed by atoms with Crippen molar-refractivity contribution in [1.29, 1.82) is 0 Å². The van der Waals surface area contributed by atoms with Crippen LogP contribution in [0.15, 0.2) is 6.20 Å². The number of halogens is 1. The Balaban J connectivity index is 0.000000795. The molecule has 0 spiro atoms. The van der Waals surface area contributed by atoms with Crippen molar-refractivity contribution in [1.82, 2.24) is 34.9 Å². The van der Waals surface area contributed by atoms with E-state index in [0.717, 1.165) is 30.9 Å². The highest BCUT2D eigenvalue weighted by molar-refractivity contribution is 5.78. The smallest absolute Gasteiger partial charge is 0.321 e. The maximum absolute atomic E-state index is 14.3. The lowest BCUT2D eigenvalue weighted by molar-refractivity contribution is -0.134. The predicted octanol–water partition coefficient (Wildman–Crippen LogP) is 2.93. The second-order valence-electron chi connectivity index (χ2n) is 9.62. The van der Waals surface area contributed by atoms with Crippen molar-refractivity contribution in [3.05, 3.63) is 29.1 Å². The summed E-state index contributed by atoms with van der Waals surface area (Å²) in [5.41, 5.74) is 1.14. The Labute approximate surface area is 204 Å². The number of carboxylic acid groups (broad SMARTS) is 1. The van der Waals surface area contributed by atoms with Crippen LogP contribution >= 0.6 is 0 Å². The summed E-state index contributed by atoms with van der Waals surface area (Å²) in [5, 5.41) is 17.8. The molecule has 3 N–H and O–H groups in total. The van der Waals surface area contributed by atoms with Gasteiger partial charge >= 0.3 is 6.03 Å². The van der Waals surface area contributed by atoms with E-state index in [1.807, 2.05) is 30.6 Å². The van der Waals surface area contributed by atoms with Gasteiger partial charge in [0, 0.05) is 44.1 Å². The minimum absolute atomic E-state index is 0.00878. The number of carbonyl (C=O) groups excluding carboxylic acids is 1. The number of fused-ring (bicyclic) bond motifs is 1. The molecule has 0 saturated carbocycles. The number of aryl methyl sites for hydroxylation is 1. The van der Waals surface area contributed by atoms with Crippen LogP contribution in [0.25, 0.3) is 0 Å². The Morgan fingerprint density at radius 3 is 2.54 bits per heavy atom. The van der Waals surface area contributed by atoms with Gasteiger partial charge in [-0.1, -0.05) is 6.92 Å². The Bertz CT molecular complexity index is 1080. The number of piperazine rings is 1. The summed E-state index contributed by atoms with van der Waals surface area (Å²) in [7, 11) is 2.09. The second kappa shape index (κ2) is 10.1. The first-order valence-electron chi connectivity index (χ1n) is 11.7. The van der Waals surface area contributed by atoms with E-state index in [9.17, 15) is 9.18 Å². The molecule has 0 bridgehead atoms. The number of aromatic amines is 1. The Morgan fingerprint density at radius 1 is 1.26 bits per heavy atom. The molecule has 192 valence electrons. The minimum atomic E-state index is -0.833. The van der Waals surface area contributed by atoms with E-state index >= 15 is 0 Å². The van der Waals surface area contributed by atoms with Crippen LogP contribution in [0.1, 0.15) is 58.6 Å². The number of amides is 2. The molecule has 0 radical (unpaired) electrons. The highest BCUT2D eigenvalue weighted by Gasteiger charge is 2.46. The molecular formula is C23H35FN8O3. The SMILES string of the molecule is CC(=O)O.CCc1ncc(F)c(Nc2n[nH]c3c2CN(C(=O)N2C[C@@H](C)N(C)C[C@@H]2C)C3(C)C)n1. The molecule has 0 aliphatic carbocycles. The largest absolute Gasteiger partial charge is 0.481 e. The third kappa shape index (κ3) is 5.37. The molecule has 4 rings (SSSR count). The van der Waals surface area contributed by atoms with Crippen molar-refractivity contribution in [2.24, 2.45) is 0 Å². The number of hydrogen-bond acceptors (Lipinski definition) is 7. The minimum Gasteiger partial charge on any atom is -0.481 e. The molecule has 35 heavy (non-hydrogen) atoms. The molecule has 12 heteroatoms. The van der Waals surface area contributed by atoms with Crippen molar-refractivity contribution in [2.75, 3.05) is 25.5 Å². The molecule has 2 aromatic rings. The third-order valence-corrected chi connectivity index (χ3v) is 6.59. The maximum atomic E-state index is 14.3. The number of urea groups is 1. The average molecular weight is 491 g/mol. The maximum Gasteiger partial charge on any atom is 0.321 e. The van der Waals surface area contributed by atoms with Crippen molar-refractivity contribution in [3.63, 3.8) is 0 Å². The van der Waals surface area contributed by atoms with Gasteiger partial charge in [0.2, 0.25) is 0 Å². The number of anilines is 2. The lowest BCUT2D eigenvalue weighted by Gasteiger charge is -2.45. The number of nitrogens with one attached hydrogen (secondary N) is 2. The Kier molecular flexibility index (Phi) is 7.63. The highest BCUT2D eigenvalue weighted by atomic mass is 19.1. The van der Waals surface area contributed by atoms with Gasteiger partial charge in [0.1, 0.15) is 5.82 Å². The first kappa shape index (κ1) is 26.3. The van der Waals surface area contributed by atoms with Crippen LogP contribution in [0, 0.1) is 5.82 Å². The van der Waals surface area contributed by atoms with Crippen LogP contribution in [0.4, 0.5) is 20.8 Å². The molecule has 2 aliphatic heterocycles. The molecule has 2 aliphatic rings. The molecule has 1 saturated heterocycles. The summed E-state index contributed by atoms with van der Waals surface area (Å²) < 4.78 is 14.3. The number of aliphatic carboxylic acids is 1. The van der Waals surface area contributed by atoms with Crippen molar-refractivity contribution >= 4 is 23.6 Å². The lowest BCUT2D eigenvalue weighted by Crippen LogP contribution is -2.60. The van der Waals surface area contributed by atoms with Crippen LogP contribution in [0.3, 0.4) is 0 Å². The number of rotatable bonds is 3. The third-order valence-electron chi connectivity index (χ3n) is 6.59. The van der Waals surface area contributed by atoms with Crippen LogP contribution in [-0.4, -0.2) is 84.2 Å². The normalized spacial score (nSPS) is 21.3. The molecule has 2 aromatic heterocycles. The number of likely N-dealkylation sites (N-methyl/N-ethyl adjacent to an activating group) is 1. The van der Waals surface area contributed by atoms with E-state index in [1.54, 1.807) is 0 Å². The quantitative estimate of drug-likeness (QED) is 0.599. The predicted molar refractivity (Wildman–Crippen MR) is 129 cm³/mol. The van der Waals surface area contributed by atoms with Crippen molar-refractivity contribution < 1.29 is 19.1 Å². The Hall–Kier alpha value is -3.28. The van der Waals surface area contributed by atoms with Crippen LogP contribution in [0.5, 0.6) is 0 Å². The van der Waals surface area contributed by atoms with Gasteiger partial charge in [-0.3, -0.25) is 14.8 Å². The van der Waals surface area contributed by atoms with Gasteiger partial charge in [-0.05, 0) is 34.7 Å². The van der Waals surface area contributed by atoms with Crippen molar-refractivity contribution in [2.45, 2.75) is 72.1 Å². The van der Waals surface area contributed by atoms with E-state index < -0.39 is 17.3 Å². The van der Waals surface area contributed by atoms with Gasteiger partial charge in [0.15, 0.2) is 17.5 Å². The average Bonchev–Trinajstić information content (AvgIpc) is 3.29. The fraction of sp³-hybridized carbons (Fsp3) is 0.609. The van der Waals surface area contributed by atoms with Crippen molar-refractivity contribution in [3.8, 4) is 0 Å². The highest BCUT2D eigenvalue weighted by Crippen LogP contribution is 2.42. The number of carboxylic acids is 1. The molecule has 11 nitrogen and oxygen atoms in total. The van der Waals surface area contributed by atoms with Crippen LogP contribution in [0.2, 0.25) is 0 Å². The lowest BCUT2D eigenvalue weighted by atomic mass is 10.0. The molecule has 2 atom stereocenters. The summed E-state index contributed by atoms with van der Waals surface area (Å²) in [5.74, 6) is -0.256. The molecule has 4 heterocycles. The topological polar surface area (TPSA) is 131 Å². The van der Waals surface area contributed by atoms with E-state index in [1.165, 1.54) is 0 Å². The standard InChI is InChI=1S/C21H31FN8O.C2H4O2/c1-7-16-23-8-15(22)19(24-16)25-18-14-11-30(21(4,5)17(14)26-27-18)20(31)29-10-12(2)28(6)9-13(29)3;1-2(3)4/h8,12-13H,7,9-11H2,1-6H3,(H2,23,24,25,26,27);1H3,(H,3,4)/t12-,13+;/m1./s1. The van der Waals surface area contributed by atoms with E-state index in [-0.39, 0.29) is 17.9 Å². The number of H-pyrrole nitrogens is 1. The summed E-state index contributed by atoms with van der Waals surface area (Å²) >= 11 is 0. The second-order valence-corrected chi connectivity index (χ2v) is 9.62. The van der Waals surface area contributed by atoms with Gasteiger partial charge in [0.05, 0.1) is 24.0 Å². The van der Waals surface area contributed by atoms with Gasteiger partial charge in [-0.2, -0.15) is 5.10 Å². The first-order valence-corrected chi connectivity index (χ1v) is 11.7. The van der Waals surface area contributed by atoms with Gasteiger partial charge in [0.25, 0.3) is 5.97 Å². The molecule has 0 unspecified atom stereocenters. The van der Waals surface area contributed by atoms with Gasteiger partial charge in [-0.25, -0.2) is 19.2 Å². The summed E-state index contributed by atoms with van der Waals surface area (Å²) in [6.45, 7) is 13.1. The zero-order valence-corrected chi connectivity index (χ0v) is 21.4. The zero-order valence-electron chi connectivity index (χ0n) is 21.4. The molecule has 1 fully saturated rings. The van der Waals surface area contributed by atoms with E-state index in [0.29, 0.717) is 37.2 Å². The van der Waals surface area contributed by atoms with Crippen LogP contribution in [-0.2, 0) is 23.3 Å². The van der Waals surface area contributed by atoms with E-state index in [2.05, 4.69) is 51.3 Å². The summed E-state index contributed by atoms with van der Waals surface area (Å²) in [6, 6.07) is 0.437. The van der Waals surface area contributed by atoms with E-state index in [4.69, 9.17) is 9.90 Å². The monoisotopic (exact) mass is 490 g/mol. The molecular weight excluding hydrogens is 455 g/mol. The Morgan fingerprint density at radius 2 is 1.91 bits per heavy atom. The summed E-state index contributed by atoms with van der Waals surface area (Å²) in [4.78, 5) is 36.9. The number of nitrogens with zero attached hydrogens (tertiary/aromatic N) is 6. The van der Waals surface area contributed by atoms with Gasteiger partial charge < -0.3 is 20.2 Å². The molecule has 2 amide bonds. The first-order chi connectivity index (χ1) is 16.4. The fourth-order valence-electron chi connectivity index (χ4n) is 4.42. The summed E-state index contributed by atoms with van der Waals surface area (Å²) in [6.07, 6.45) is 1.77. The number of aromatic nitrogens is 4. The fourth-order valence-corrected chi connectivity index (χ4v) is 4.42.